The van der Waals surface area contributed by atoms with Gasteiger partial charge in [0.2, 0.25) is 5.69 Å². The summed E-state index contributed by atoms with van der Waals surface area (Å²) in [5, 5.41) is 0. The fourth-order valence-electron chi connectivity index (χ4n) is 2.18. The molecule has 0 aliphatic heterocycles. The smallest absolute Gasteiger partial charge is 0.242 e. The van der Waals surface area contributed by atoms with Crippen molar-refractivity contribution in [1.29, 1.82) is 0 Å². The molecule has 0 amide bonds. The van der Waals surface area contributed by atoms with E-state index >= 15 is 0 Å². The predicted octanol–water partition coefficient (Wildman–Crippen LogP) is 3.88. The van der Waals surface area contributed by atoms with Gasteiger partial charge in [-0.3, -0.25) is 0 Å². The molecule has 1 N–H and O–H groups in total. The van der Waals surface area contributed by atoms with Crippen molar-refractivity contribution in [2.75, 3.05) is 20.6 Å². The maximum atomic E-state index is 9.81. The normalized spacial score (nSPS) is 16.4. The molecule has 0 bridgehead atoms. The highest BCUT2D eigenvalue weighted by atomic mass is 32.9. The van der Waals surface area contributed by atoms with Crippen molar-refractivity contribution in [3.8, 4) is 0 Å². The highest BCUT2D eigenvalue weighted by molar-refractivity contribution is 8.59. The number of thiol groups is 1. The third-order valence-corrected chi connectivity index (χ3v) is 4.08. The van der Waals surface area contributed by atoms with Gasteiger partial charge in [0, 0.05) is 6.54 Å². The summed E-state index contributed by atoms with van der Waals surface area (Å²) < 4.78 is 5.68. The molecule has 20 heavy (non-hydrogen) atoms. The summed E-state index contributed by atoms with van der Waals surface area (Å²) in [7, 11) is 3.95. The second kappa shape index (κ2) is 7.39. The van der Waals surface area contributed by atoms with E-state index in [0.717, 1.165) is 5.56 Å². The van der Waals surface area contributed by atoms with Crippen molar-refractivity contribution >= 4 is 29.7 Å². The average molecular weight is 333 g/mol. The Hall–Kier alpha value is 0.1000. The van der Waals surface area contributed by atoms with Gasteiger partial charge in [-0.05, 0) is 49.9 Å². The molecular formula is C14H24NO2PS2. The summed E-state index contributed by atoms with van der Waals surface area (Å²) in [6.45, 7) is 7.01. The van der Waals surface area contributed by atoms with Gasteiger partial charge in [-0.2, -0.15) is 0 Å². The van der Waals surface area contributed by atoms with Crippen molar-refractivity contribution in [2.45, 2.75) is 32.8 Å². The molecule has 1 rings (SSSR count). The Labute approximate surface area is 132 Å². The van der Waals surface area contributed by atoms with Crippen LogP contribution in [0.1, 0.15) is 42.6 Å². The Morgan fingerprint density at radius 2 is 1.95 bits per heavy atom. The minimum Gasteiger partial charge on any atom is -0.338 e. The van der Waals surface area contributed by atoms with Gasteiger partial charge in [0.15, 0.2) is 0 Å². The summed E-state index contributed by atoms with van der Waals surface area (Å²) in [5.74, 6) is 0.385. The molecule has 0 saturated carbocycles. The molecule has 1 aromatic carbocycles. The maximum absolute atomic E-state index is 9.81. The molecule has 3 nitrogen and oxygen atoms in total. The van der Waals surface area contributed by atoms with Crippen LogP contribution in [0.15, 0.2) is 18.2 Å². The summed E-state index contributed by atoms with van der Waals surface area (Å²) in [4.78, 5) is 11.8. The van der Waals surface area contributed by atoms with Crippen LogP contribution in [-0.2, 0) is 16.3 Å². The molecule has 6 heteroatoms. The molecule has 114 valence electrons. The molecule has 0 aromatic heterocycles. The van der Waals surface area contributed by atoms with Crippen LogP contribution in [0.3, 0.4) is 0 Å². The molecule has 1 aromatic rings. The standard InChI is InChI=1S/C14H24NO2PS2/c1-10(2)12-7-6-11(3)8-13(12)14(9-15(4)5)17-18(16,19)20/h6-8,10,14H,9H2,1-5H3,(H2,16,19,20). The van der Waals surface area contributed by atoms with Crippen LogP contribution in [0.25, 0.3) is 0 Å². The van der Waals surface area contributed by atoms with Crippen LogP contribution in [0.2, 0.25) is 0 Å². The second-order valence-electron chi connectivity index (χ2n) is 5.63. The summed E-state index contributed by atoms with van der Waals surface area (Å²) in [6, 6.07) is 6.34. The fraction of sp³-hybridized carbons (Fsp3) is 0.571. The Morgan fingerprint density at radius 3 is 2.40 bits per heavy atom. The average Bonchev–Trinajstić information content (AvgIpc) is 2.24. The molecule has 2 unspecified atom stereocenters. The van der Waals surface area contributed by atoms with E-state index in [1.165, 1.54) is 11.1 Å². The quantitative estimate of drug-likeness (QED) is 0.611. The van der Waals surface area contributed by atoms with Crippen LogP contribution >= 0.6 is 17.9 Å². The van der Waals surface area contributed by atoms with E-state index in [9.17, 15) is 4.89 Å². The minimum absolute atomic E-state index is 0.268. The lowest BCUT2D eigenvalue weighted by Crippen LogP contribution is -2.22. The summed E-state index contributed by atoms with van der Waals surface area (Å²) in [5.41, 5.74) is 0.471. The Bertz CT molecular complexity index is 500. The first-order chi connectivity index (χ1) is 9.10. The van der Waals surface area contributed by atoms with Gasteiger partial charge < -0.3 is 14.3 Å². The van der Waals surface area contributed by atoms with Gasteiger partial charge in [0.25, 0.3) is 0 Å². The molecule has 0 spiro atoms. The molecule has 0 fully saturated rings. The number of rotatable bonds is 6. The monoisotopic (exact) mass is 333 g/mol. The van der Waals surface area contributed by atoms with E-state index in [4.69, 9.17) is 16.3 Å². The summed E-state index contributed by atoms with van der Waals surface area (Å²) >= 11 is 8.97. The number of hydrogen-bond acceptors (Lipinski definition) is 3. The zero-order chi connectivity index (χ0) is 15.5. The van der Waals surface area contributed by atoms with Gasteiger partial charge >= 0.3 is 0 Å². The van der Waals surface area contributed by atoms with Crippen LogP contribution in [0, 0.1) is 6.92 Å². The van der Waals surface area contributed by atoms with Crippen molar-refractivity contribution in [1.82, 2.24) is 4.90 Å². The number of benzene rings is 1. The highest BCUT2D eigenvalue weighted by Gasteiger charge is 2.23. The molecule has 2 atom stereocenters. The van der Waals surface area contributed by atoms with E-state index in [-0.39, 0.29) is 6.10 Å². The Balaban J connectivity index is 3.24. The van der Waals surface area contributed by atoms with Crippen LogP contribution < -0.4 is 0 Å². The van der Waals surface area contributed by atoms with Crippen LogP contribution in [0.4, 0.5) is 0 Å². The van der Waals surface area contributed by atoms with Gasteiger partial charge in [-0.1, -0.05) is 49.9 Å². The zero-order valence-electron chi connectivity index (χ0n) is 12.7. The third kappa shape index (κ3) is 5.84. The zero-order valence-corrected chi connectivity index (χ0v) is 15.3. The second-order valence-corrected chi connectivity index (χ2v) is 10.7. The first-order valence-corrected chi connectivity index (χ1v) is 10.4. The molecule has 0 aliphatic carbocycles. The third-order valence-electron chi connectivity index (χ3n) is 3.01. The lowest BCUT2D eigenvalue weighted by molar-refractivity contribution is 0.167. The molecular weight excluding hydrogens is 309 g/mol. The first-order valence-electron chi connectivity index (χ1n) is 6.59. The fourth-order valence-corrected chi connectivity index (χ4v) is 3.35. The van der Waals surface area contributed by atoms with E-state index in [2.05, 4.69) is 51.2 Å². The maximum Gasteiger partial charge on any atom is 0.242 e. The number of likely N-dealkylation sites (N-methyl/N-ethyl adjacent to an activating group) is 1. The lowest BCUT2D eigenvalue weighted by atomic mass is 9.92. The van der Waals surface area contributed by atoms with E-state index in [1.807, 2.05) is 19.0 Å². The van der Waals surface area contributed by atoms with E-state index in [1.54, 1.807) is 0 Å². The van der Waals surface area contributed by atoms with Gasteiger partial charge in [-0.25, -0.2) is 0 Å². The van der Waals surface area contributed by atoms with Crippen molar-refractivity contribution in [2.24, 2.45) is 0 Å². The van der Waals surface area contributed by atoms with E-state index < -0.39 is 5.69 Å². The Morgan fingerprint density at radius 1 is 1.35 bits per heavy atom. The lowest BCUT2D eigenvalue weighted by Gasteiger charge is -2.27. The number of nitrogens with zero attached hydrogens (tertiary/aromatic N) is 1. The topological polar surface area (TPSA) is 32.7 Å². The Kier molecular flexibility index (Phi) is 6.71. The SMILES string of the molecule is Cc1ccc(C(C)C)c(C(CN(C)C)OP(O)(=S)S)c1. The summed E-state index contributed by atoms with van der Waals surface area (Å²) in [6.07, 6.45) is -0.268. The van der Waals surface area contributed by atoms with Gasteiger partial charge in [-0.15, -0.1) is 0 Å². The van der Waals surface area contributed by atoms with Crippen LogP contribution in [0.5, 0.6) is 0 Å². The highest BCUT2D eigenvalue weighted by Crippen LogP contribution is 2.52. The predicted molar refractivity (Wildman–Crippen MR) is 93.1 cm³/mol. The largest absolute Gasteiger partial charge is 0.338 e. The number of aryl methyl sites for hydroxylation is 1. The molecule has 0 heterocycles. The number of hydrogen-bond donors (Lipinski definition) is 2. The van der Waals surface area contributed by atoms with Crippen molar-refractivity contribution in [3.05, 3.63) is 34.9 Å². The van der Waals surface area contributed by atoms with Gasteiger partial charge in [0.1, 0.15) is 6.10 Å². The van der Waals surface area contributed by atoms with Crippen molar-refractivity contribution in [3.63, 3.8) is 0 Å². The molecule has 0 saturated heterocycles. The van der Waals surface area contributed by atoms with E-state index in [0.29, 0.717) is 12.5 Å². The molecule has 0 radical (unpaired) electrons. The first kappa shape index (κ1) is 18.1. The minimum atomic E-state index is -3.01. The van der Waals surface area contributed by atoms with Crippen LogP contribution in [-0.4, -0.2) is 30.4 Å². The molecule has 0 aliphatic rings. The van der Waals surface area contributed by atoms with Crippen molar-refractivity contribution < 1.29 is 9.42 Å². The van der Waals surface area contributed by atoms with Gasteiger partial charge in [0.05, 0.1) is 0 Å².